The molecule has 3 heterocycles. The van der Waals surface area contributed by atoms with Crippen molar-refractivity contribution in [1.29, 1.82) is 0 Å². The van der Waals surface area contributed by atoms with Crippen LogP contribution >= 0.6 is 0 Å². The van der Waals surface area contributed by atoms with Crippen molar-refractivity contribution in [2.24, 2.45) is 0 Å². The van der Waals surface area contributed by atoms with Gasteiger partial charge in [0.1, 0.15) is 11.6 Å². The van der Waals surface area contributed by atoms with Crippen molar-refractivity contribution in [1.82, 2.24) is 41.0 Å². The van der Waals surface area contributed by atoms with Gasteiger partial charge in [-0.2, -0.15) is 0 Å². The summed E-state index contributed by atoms with van der Waals surface area (Å²) in [5, 5.41) is 15.0. The lowest BCUT2D eigenvalue weighted by atomic mass is 10.0. The predicted molar refractivity (Wildman–Crippen MR) is 143 cm³/mol. The van der Waals surface area contributed by atoms with Crippen LogP contribution in [0.1, 0.15) is 35.3 Å². The molecule has 0 radical (unpaired) electrons. The Morgan fingerprint density at radius 1 is 1.10 bits per heavy atom. The molecule has 0 saturated carbocycles. The fourth-order valence-electron chi connectivity index (χ4n) is 4.12. The molecule has 2 aromatic heterocycles. The Bertz CT molecular complexity index is 1450. The maximum Gasteiger partial charge on any atom is 0.573 e. The molecular formula is C27H29F3N8O3. The molecule has 2 amide bonds. The van der Waals surface area contributed by atoms with Crippen molar-refractivity contribution in [3.05, 3.63) is 83.8 Å². The third-order valence-corrected chi connectivity index (χ3v) is 6.06. The summed E-state index contributed by atoms with van der Waals surface area (Å²) in [5.41, 5.74) is 6.06. The van der Waals surface area contributed by atoms with Crippen LogP contribution in [0.15, 0.2) is 72.6 Å². The van der Waals surface area contributed by atoms with Crippen molar-refractivity contribution >= 4 is 11.8 Å². The number of hydrazine groups is 1. The van der Waals surface area contributed by atoms with E-state index in [4.69, 9.17) is 0 Å². The average Bonchev–Trinajstić information content (AvgIpc) is 3.40. The molecule has 3 N–H and O–H groups in total. The SMILES string of the molecule is CNC(=O)c1cn(CCCCC2=CC=C(NC(=O)Cc3cncc(-c4cccc(OC(F)(F)F)c4)c3)NN2C)nn1. The van der Waals surface area contributed by atoms with Crippen LogP contribution in [0, 0.1) is 0 Å². The first-order chi connectivity index (χ1) is 19.6. The van der Waals surface area contributed by atoms with Gasteiger partial charge in [0, 0.05) is 44.3 Å². The van der Waals surface area contributed by atoms with Crippen LogP contribution in [0.3, 0.4) is 0 Å². The molecule has 1 aliphatic rings. The van der Waals surface area contributed by atoms with E-state index in [0.717, 1.165) is 25.0 Å². The molecule has 0 saturated heterocycles. The topological polar surface area (TPSA) is 126 Å². The molecule has 0 atom stereocenters. The van der Waals surface area contributed by atoms with Crippen molar-refractivity contribution in [3.63, 3.8) is 0 Å². The van der Waals surface area contributed by atoms with E-state index in [1.807, 2.05) is 18.1 Å². The number of allylic oxidation sites excluding steroid dienone is 3. The Hall–Kier alpha value is -4.88. The van der Waals surface area contributed by atoms with Crippen molar-refractivity contribution in [3.8, 4) is 16.9 Å². The maximum absolute atomic E-state index is 12.7. The molecule has 11 nitrogen and oxygen atoms in total. The lowest BCUT2D eigenvalue weighted by molar-refractivity contribution is -0.274. The highest BCUT2D eigenvalue weighted by Crippen LogP contribution is 2.28. The number of halogens is 3. The highest BCUT2D eigenvalue weighted by Gasteiger charge is 2.31. The number of amides is 2. The lowest BCUT2D eigenvalue weighted by Crippen LogP contribution is -2.42. The number of benzene rings is 1. The number of ether oxygens (including phenoxy) is 1. The highest BCUT2D eigenvalue weighted by atomic mass is 19.4. The van der Waals surface area contributed by atoms with E-state index in [1.54, 1.807) is 29.1 Å². The minimum Gasteiger partial charge on any atom is -0.406 e. The summed E-state index contributed by atoms with van der Waals surface area (Å²) < 4.78 is 43.3. The normalized spacial score (nSPS) is 13.1. The van der Waals surface area contributed by atoms with Crippen molar-refractivity contribution in [2.45, 2.75) is 38.6 Å². The first kappa shape index (κ1) is 29.1. The average molecular weight is 571 g/mol. The number of rotatable bonds is 11. The number of carbonyl (C=O) groups is 2. The number of hydrogen-bond acceptors (Lipinski definition) is 8. The summed E-state index contributed by atoms with van der Waals surface area (Å²) in [4.78, 5) is 28.4. The molecule has 216 valence electrons. The monoisotopic (exact) mass is 570 g/mol. The van der Waals surface area contributed by atoms with Crippen LogP contribution in [0.5, 0.6) is 5.75 Å². The first-order valence-electron chi connectivity index (χ1n) is 12.7. The summed E-state index contributed by atoms with van der Waals surface area (Å²) in [7, 11) is 3.39. The predicted octanol–water partition coefficient (Wildman–Crippen LogP) is 3.30. The minimum absolute atomic E-state index is 0.0167. The molecule has 14 heteroatoms. The number of alkyl halides is 3. The number of hydrogen-bond donors (Lipinski definition) is 3. The smallest absolute Gasteiger partial charge is 0.406 e. The fourth-order valence-corrected chi connectivity index (χ4v) is 4.12. The van der Waals surface area contributed by atoms with Crippen LogP contribution in [-0.4, -0.2) is 57.3 Å². The number of pyridine rings is 1. The third-order valence-electron chi connectivity index (χ3n) is 6.06. The first-order valence-corrected chi connectivity index (χ1v) is 12.7. The number of nitrogens with zero attached hydrogens (tertiary/aromatic N) is 5. The van der Waals surface area contributed by atoms with Gasteiger partial charge in [-0.1, -0.05) is 17.3 Å². The Morgan fingerprint density at radius 3 is 2.68 bits per heavy atom. The Labute approximate surface area is 234 Å². The van der Waals surface area contributed by atoms with Gasteiger partial charge >= 0.3 is 6.36 Å². The Balaban J connectivity index is 1.27. The van der Waals surface area contributed by atoms with E-state index < -0.39 is 6.36 Å². The van der Waals surface area contributed by atoms with Crippen LogP contribution in [0.25, 0.3) is 11.1 Å². The minimum atomic E-state index is -4.79. The fraction of sp³-hybridized carbons (Fsp3) is 0.296. The zero-order valence-electron chi connectivity index (χ0n) is 22.4. The second kappa shape index (κ2) is 13.0. The second-order valence-electron chi connectivity index (χ2n) is 9.19. The summed E-state index contributed by atoms with van der Waals surface area (Å²) in [6.45, 7) is 0.633. The summed E-state index contributed by atoms with van der Waals surface area (Å²) >= 11 is 0. The second-order valence-corrected chi connectivity index (χ2v) is 9.19. The molecule has 0 fully saturated rings. The third kappa shape index (κ3) is 8.55. The van der Waals surface area contributed by atoms with Crippen LogP contribution < -0.4 is 20.8 Å². The van der Waals surface area contributed by atoms with Gasteiger partial charge in [-0.05, 0) is 60.7 Å². The van der Waals surface area contributed by atoms with Gasteiger partial charge in [0.15, 0.2) is 5.69 Å². The molecule has 1 aliphatic heterocycles. The standard InChI is InChI=1S/C27H29F3N8O3/c1-31-26(40)23-17-38(36-34-23)11-4-3-7-21-9-10-24(35-37(21)2)33-25(39)13-18-12-20(16-32-15-18)19-6-5-8-22(14-19)41-27(28,29)30/h5-6,8-10,12,14-17,35H,3-4,7,11,13H2,1-2H3,(H,31,40)(H,33,39). The Kier molecular flexibility index (Phi) is 9.22. The number of unbranched alkanes of at least 4 members (excludes halogenated alkanes) is 1. The largest absolute Gasteiger partial charge is 0.573 e. The summed E-state index contributed by atoms with van der Waals surface area (Å²) in [6, 6.07) is 7.27. The molecule has 41 heavy (non-hydrogen) atoms. The molecule has 3 aromatic rings. The van der Waals surface area contributed by atoms with Gasteiger partial charge in [0.2, 0.25) is 5.91 Å². The number of carbonyl (C=O) groups excluding carboxylic acids is 2. The van der Waals surface area contributed by atoms with E-state index >= 15 is 0 Å². The zero-order chi connectivity index (χ0) is 29.4. The molecule has 0 spiro atoms. The lowest BCUT2D eigenvalue weighted by Gasteiger charge is -2.29. The van der Waals surface area contributed by atoms with Gasteiger partial charge in [0.25, 0.3) is 5.91 Å². The van der Waals surface area contributed by atoms with Gasteiger partial charge in [-0.3, -0.25) is 29.7 Å². The van der Waals surface area contributed by atoms with Gasteiger partial charge in [-0.25, -0.2) is 0 Å². The van der Waals surface area contributed by atoms with E-state index in [1.165, 1.54) is 37.6 Å². The van der Waals surface area contributed by atoms with E-state index in [9.17, 15) is 22.8 Å². The van der Waals surface area contributed by atoms with E-state index in [0.29, 0.717) is 29.1 Å². The number of aryl methyl sites for hydroxylation is 1. The molecular weight excluding hydrogens is 541 g/mol. The van der Waals surface area contributed by atoms with Crippen molar-refractivity contribution < 1.29 is 27.5 Å². The highest BCUT2D eigenvalue weighted by molar-refractivity contribution is 5.91. The van der Waals surface area contributed by atoms with Gasteiger partial charge < -0.3 is 15.4 Å². The van der Waals surface area contributed by atoms with E-state index in [2.05, 4.69) is 36.1 Å². The molecule has 0 unspecified atom stereocenters. The zero-order valence-corrected chi connectivity index (χ0v) is 22.4. The summed E-state index contributed by atoms with van der Waals surface area (Å²) in [6.07, 6.45) is 6.07. The Morgan fingerprint density at radius 2 is 1.93 bits per heavy atom. The maximum atomic E-state index is 12.7. The molecule has 0 bridgehead atoms. The van der Waals surface area contributed by atoms with Crippen LogP contribution in [-0.2, 0) is 17.8 Å². The molecule has 0 aliphatic carbocycles. The van der Waals surface area contributed by atoms with E-state index in [-0.39, 0.29) is 29.7 Å². The van der Waals surface area contributed by atoms with Gasteiger partial charge in [-0.15, -0.1) is 18.3 Å². The summed E-state index contributed by atoms with van der Waals surface area (Å²) in [5.74, 6) is -0.394. The number of nitrogens with one attached hydrogen (secondary N) is 3. The van der Waals surface area contributed by atoms with Crippen LogP contribution in [0.4, 0.5) is 13.2 Å². The van der Waals surface area contributed by atoms with Crippen LogP contribution in [0.2, 0.25) is 0 Å². The van der Waals surface area contributed by atoms with Gasteiger partial charge in [0.05, 0.1) is 12.6 Å². The van der Waals surface area contributed by atoms with Crippen molar-refractivity contribution in [2.75, 3.05) is 14.1 Å². The quantitative estimate of drug-likeness (QED) is 0.300. The molecule has 4 rings (SSSR count). The number of aromatic nitrogens is 4. The molecule has 1 aromatic carbocycles.